The first-order chi connectivity index (χ1) is 12.3. The van der Waals surface area contributed by atoms with Gasteiger partial charge in [0, 0.05) is 33.8 Å². The Balaban J connectivity index is 1.93. The van der Waals surface area contributed by atoms with Crippen LogP contribution in [0.3, 0.4) is 0 Å². The van der Waals surface area contributed by atoms with E-state index in [1.54, 1.807) is 31.4 Å². The molecule has 2 N–H and O–H groups in total. The van der Waals surface area contributed by atoms with Gasteiger partial charge in [0.2, 0.25) is 0 Å². The summed E-state index contributed by atoms with van der Waals surface area (Å²) in [6.07, 6.45) is 1.56. The number of aryl methyl sites for hydroxylation is 2. The number of rotatable bonds is 2. The fourth-order valence-electron chi connectivity index (χ4n) is 2.72. The lowest BCUT2D eigenvalue weighted by Gasteiger charge is -2.02. The molecule has 23 heavy (non-hydrogen) atoms. The lowest BCUT2D eigenvalue weighted by molar-refractivity contribution is 0.0697. The van der Waals surface area contributed by atoms with Crippen LogP contribution in [0.4, 0.5) is 0 Å². The van der Waals surface area contributed by atoms with E-state index in [1.165, 1.54) is 10.7 Å². The number of nitrogens with one attached hydrogen (secondary N) is 1. The Morgan fingerprint density at radius 2 is 2.22 bits per heavy atom. The number of nitrogens with zero attached hydrogens (tertiary/aromatic N) is 4. The molecule has 0 amide bonds. The van der Waals surface area contributed by atoms with Gasteiger partial charge in [0.05, 0.1) is 28.0 Å². The number of carboxylic acids is 1. The zero-order chi connectivity index (χ0) is 18.6. The Morgan fingerprint density at radius 3 is 3.00 bits per heavy atom. The van der Waals surface area contributed by atoms with E-state index < -0.39 is 12.8 Å². The molecule has 0 saturated heterocycles. The average Bonchev–Trinajstić information content (AvgIpc) is 3.13. The Morgan fingerprint density at radius 1 is 1.35 bits per heavy atom. The number of aromatic nitrogens is 5. The third-order valence-electron chi connectivity index (χ3n) is 3.78. The molecule has 4 rings (SSSR count). The fourth-order valence-corrected chi connectivity index (χ4v) is 2.72. The molecule has 3 heterocycles. The molecule has 7 heteroatoms. The molecule has 114 valence electrons. The zero-order valence-corrected chi connectivity index (χ0v) is 12.0. The SMILES string of the molecule is [2H]C([2H])([2H])c1nnn(C)c1-c1cnc2c(c1)[nH]c1cc(C(=O)O)ccc12. The topological polar surface area (TPSA) is 96.7 Å². The summed E-state index contributed by atoms with van der Waals surface area (Å²) in [6, 6.07) is 6.52. The molecule has 0 unspecified atom stereocenters. The van der Waals surface area contributed by atoms with Crippen LogP contribution in [0, 0.1) is 6.85 Å². The molecule has 3 aromatic heterocycles. The van der Waals surface area contributed by atoms with E-state index in [0.29, 0.717) is 27.8 Å². The van der Waals surface area contributed by atoms with Crippen molar-refractivity contribution in [2.75, 3.05) is 0 Å². The number of H-pyrrole nitrogens is 1. The lowest BCUT2D eigenvalue weighted by atomic mass is 10.1. The molecule has 0 radical (unpaired) electrons. The molecular weight excluding hydrogens is 294 g/mol. The summed E-state index contributed by atoms with van der Waals surface area (Å²) in [5.74, 6) is -1.01. The summed E-state index contributed by atoms with van der Waals surface area (Å²) in [4.78, 5) is 18.7. The Kier molecular flexibility index (Phi) is 2.12. The maximum Gasteiger partial charge on any atom is 0.335 e. The number of pyridine rings is 1. The van der Waals surface area contributed by atoms with Crippen molar-refractivity contribution < 1.29 is 14.0 Å². The highest BCUT2D eigenvalue weighted by atomic mass is 16.4. The van der Waals surface area contributed by atoms with Crippen LogP contribution in [0.2, 0.25) is 0 Å². The van der Waals surface area contributed by atoms with Crippen molar-refractivity contribution in [1.82, 2.24) is 25.0 Å². The second kappa shape index (κ2) is 4.64. The van der Waals surface area contributed by atoms with Gasteiger partial charge in [-0.2, -0.15) is 0 Å². The zero-order valence-electron chi connectivity index (χ0n) is 15.0. The number of carbonyl (C=O) groups is 1. The van der Waals surface area contributed by atoms with E-state index in [-0.39, 0.29) is 11.3 Å². The van der Waals surface area contributed by atoms with Gasteiger partial charge in [-0.1, -0.05) is 5.21 Å². The maximum absolute atomic E-state index is 11.1. The third kappa shape index (κ3) is 1.97. The van der Waals surface area contributed by atoms with Crippen LogP contribution < -0.4 is 0 Å². The summed E-state index contributed by atoms with van der Waals surface area (Å²) in [5.41, 5.74) is 2.98. The van der Waals surface area contributed by atoms with Gasteiger partial charge < -0.3 is 10.1 Å². The minimum absolute atomic E-state index is 0.0922. The van der Waals surface area contributed by atoms with Gasteiger partial charge in [0.1, 0.15) is 0 Å². The van der Waals surface area contributed by atoms with Crippen LogP contribution in [-0.4, -0.2) is 36.0 Å². The van der Waals surface area contributed by atoms with Crippen molar-refractivity contribution >= 4 is 27.9 Å². The lowest BCUT2D eigenvalue weighted by Crippen LogP contribution is -1.95. The molecule has 1 aromatic carbocycles. The van der Waals surface area contributed by atoms with Gasteiger partial charge in [0.25, 0.3) is 0 Å². The first-order valence-corrected chi connectivity index (χ1v) is 6.81. The summed E-state index contributed by atoms with van der Waals surface area (Å²) in [7, 11) is 1.62. The molecule has 4 aromatic rings. The molecule has 0 bridgehead atoms. The quantitative estimate of drug-likeness (QED) is 0.593. The number of hydrogen-bond acceptors (Lipinski definition) is 4. The van der Waals surface area contributed by atoms with Gasteiger partial charge >= 0.3 is 5.97 Å². The third-order valence-corrected chi connectivity index (χ3v) is 3.78. The van der Waals surface area contributed by atoms with E-state index in [0.717, 1.165) is 5.39 Å². The minimum atomic E-state index is -2.39. The molecular formula is C16H13N5O2. The Hall–Kier alpha value is -3.22. The van der Waals surface area contributed by atoms with Gasteiger partial charge in [-0.25, -0.2) is 9.48 Å². The predicted molar refractivity (Wildman–Crippen MR) is 85.3 cm³/mol. The smallest absolute Gasteiger partial charge is 0.335 e. The molecule has 0 saturated carbocycles. The monoisotopic (exact) mass is 310 g/mol. The van der Waals surface area contributed by atoms with Crippen LogP contribution in [0.15, 0.2) is 30.5 Å². The van der Waals surface area contributed by atoms with Gasteiger partial charge in [-0.3, -0.25) is 4.98 Å². The summed E-state index contributed by atoms with van der Waals surface area (Å²) in [6.45, 7) is -2.39. The summed E-state index contributed by atoms with van der Waals surface area (Å²) < 4.78 is 24.3. The Bertz CT molecular complexity index is 1180. The second-order valence-electron chi connectivity index (χ2n) is 5.22. The van der Waals surface area contributed by atoms with Crippen LogP contribution in [-0.2, 0) is 7.05 Å². The number of aromatic carboxylic acids is 1. The van der Waals surface area contributed by atoms with Crippen LogP contribution >= 0.6 is 0 Å². The highest BCUT2D eigenvalue weighted by molar-refractivity contribution is 6.07. The van der Waals surface area contributed by atoms with E-state index in [1.807, 2.05) is 0 Å². The molecule has 0 atom stereocenters. The van der Waals surface area contributed by atoms with Crippen molar-refractivity contribution in [1.29, 1.82) is 0 Å². The molecule has 0 fully saturated rings. The summed E-state index contributed by atoms with van der Waals surface area (Å²) >= 11 is 0. The number of hydrogen-bond donors (Lipinski definition) is 2. The van der Waals surface area contributed by atoms with Gasteiger partial charge in [-0.05, 0) is 31.1 Å². The molecule has 0 aliphatic heterocycles. The highest BCUT2D eigenvalue weighted by Crippen LogP contribution is 2.28. The molecule has 0 aliphatic carbocycles. The van der Waals surface area contributed by atoms with Crippen LogP contribution in [0.5, 0.6) is 0 Å². The molecule has 7 nitrogen and oxygen atoms in total. The second-order valence-corrected chi connectivity index (χ2v) is 5.22. The first kappa shape index (κ1) is 10.5. The predicted octanol–water partition coefficient (Wildman–Crippen LogP) is 2.52. The number of fused-ring (bicyclic) bond motifs is 3. The van der Waals surface area contributed by atoms with Crippen molar-refractivity contribution in [3.8, 4) is 11.3 Å². The van der Waals surface area contributed by atoms with Crippen molar-refractivity contribution in [2.24, 2.45) is 7.05 Å². The number of aromatic amines is 1. The molecule has 0 spiro atoms. The Labute approximate surface area is 134 Å². The van der Waals surface area contributed by atoms with E-state index in [2.05, 4.69) is 20.3 Å². The van der Waals surface area contributed by atoms with E-state index in [4.69, 9.17) is 9.22 Å². The minimum Gasteiger partial charge on any atom is -0.478 e. The normalized spacial score (nSPS) is 13.9. The largest absolute Gasteiger partial charge is 0.478 e. The van der Waals surface area contributed by atoms with Crippen LogP contribution in [0.25, 0.3) is 33.2 Å². The first-order valence-electron chi connectivity index (χ1n) is 8.31. The maximum atomic E-state index is 11.1. The van der Waals surface area contributed by atoms with Crippen molar-refractivity contribution in [2.45, 2.75) is 6.85 Å². The van der Waals surface area contributed by atoms with Crippen molar-refractivity contribution in [3.05, 3.63) is 41.7 Å². The molecule has 0 aliphatic rings. The standard InChI is InChI=1S/C16H13N5O2/c1-8-15(21(2)20-19-8)10-6-13-14(17-7-10)11-4-3-9(16(22)23)5-12(11)18-13/h3-7,18H,1-2H3,(H,22,23)/i1D3. The number of benzene rings is 1. The van der Waals surface area contributed by atoms with E-state index >= 15 is 0 Å². The fraction of sp³-hybridized carbons (Fsp3) is 0.125. The average molecular weight is 310 g/mol. The summed E-state index contributed by atoms with van der Waals surface area (Å²) in [5, 5.41) is 17.5. The highest BCUT2D eigenvalue weighted by Gasteiger charge is 2.13. The van der Waals surface area contributed by atoms with Gasteiger partial charge in [0.15, 0.2) is 0 Å². The van der Waals surface area contributed by atoms with Gasteiger partial charge in [-0.15, -0.1) is 5.10 Å². The van der Waals surface area contributed by atoms with E-state index in [9.17, 15) is 4.79 Å². The number of carboxylic acid groups (broad SMARTS) is 1. The van der Waals surface area contributed by atoms with Crippen LogP contribution in [0.1, 0.15) is 20.2 Å². The van der Waals surface area contributed by atoms with Crippen molar-refractivity contribution in [3.63, 3.8) is 0 Å².